The molecule has 21 heavy (non-hydrogen) atoms. The van der Waals surface area contributed by atoms with Gasteiger partial charge in [0.1, 0.15) is 5.75 Å². The molecule has 116 valence electrons. The first-order chi connectivity index (χ1) is 9.95. The number of methoxy groups -OCH3 is 1. The normalized spacial score (nSPS) is 13.1. The van der Waals surface area contributed by atoms with E-state index in [-0.39, 0.29) is 0 Å². The third-order valence-electron chi connectivity index (χ3n) is 2.91. The van der Waals surface area contributed by atoms with Crippen LogP contribution in [-0.2, 0) is 11.2 Å². The van der Waals surface area contributed by atoms with Crippen LogP contribution in [0.15, 0.2) is 24.3 Å². The Morgan fingerprint density at radius 1 is 1.33 bits per heavy atom. The van der Waals surface area contributed by atoms with Gasteiger partial charge in [0.05, 0.1) is 13.2 Å². The number of carboxylic acid groups (broad SMARTS) is 1. The van der Waals surface area contributed by atoms with Crippen LogP contribution >= 0.6 is 0 Å². The SMILES string of the molecule is COc1ccccc1CCNC(=O)N[C@H](C(=O)O)[C@@H](C)O. The molecular formula is C14H20N2O5. The molecule has 0 aromatic heterocycles. The molecule has 0 radical (unpaired) electrons. The highest BCUT2D eigenvalue weighted by molar-refractivity contribution is 5.82. The largest absolute Gasteiger partial charge is 0.496 e. The van der Waals surface area contributed by atoms with Crippen LogP contribution in [0, 0.1) is 0 Å². The summed E-state index contributed by atoms with van der Waals surface area (Å²) in [6.45, 7) is 1.62. The van der Waals surface area contributed by atoms with Crippen LogP contribution in [0.5, 0.6) is 5.75 Å². The van der Waals surface area contributed by atoms with Crippen LogP contribution in [0.2, 0.25) is 0 Å². The van der Waals surface area contributed by atoms with Gasteiger partial charge >= 0.3 is 12.0 Å². The Morgan fingerprint density at radius 2 is 2.00 bits per heavy atom. The molecule has 0 heterocycles. The minimum absolute atomic E-state index is 0.318. The van der Waals surface area contributed by atoms with E-state index in [0.717, 1.165) is 11.3 Å². The molecule has 0 bridgehead atoms. The Balaban J connectivity index is 2.45. The molecule has 0 aliphatic carbocycles. The highest BCUT2D eigenvalue weighted by atomic mass is 16.5. The maximum atomic E-state index is 11.6. The first-order valence-corrected chi connectivity index (χ1v) is 6.52. The van der Waals surface area contributed by atoms with Crippen LogP contribution in [-0.4, -0.2) is 48.0 Å². The van der Waals surface area contributed by atoms with Gasteiger partial charge in [0, 0.05) is 6.54 Å². The zero-order chi connectivity index (χ0) is 15.8. The van der Waals surface area contributed by atoms with Crippen molar-refractivity contribution in [1.29, 1.82) is 0 Å². The van der Waals surface area contributed by atoms with E-state index in [1.807, 2.05) is 24.3 Å². The number of hydrogen-bond donors (Lipinski definition) is 4. The van der Waals surface area contributed by atoms with Crippen molar-refractivity contribution in [1.82, 2.24) is 10.6 Å². The van der Waals surface area contributed by atoms with Gasteiger partial charge < -0.3 is 25.6 Å². The number of carbonyl (C=O) groups is 2. The molecule has 7 heteroatoms. The van der Waals surface area contributed by atoms with Gasteiger partial charge in [-0.2, -0.15) is 0 Å². The summed E-state index contributed by atoms with van der Waals surface area (Å²) >= 11 is 0. The maximum Gasteiger partial charge on any atom is 0.328 e. The molecule has 0 aliphatic rings. The predicted octanol–water partition coefficient (Wildman–Crippen LogP) is 0.371. The Bertz CT molecular complexity index is 490. The first-order valence-electron chi connectivity index (χ1n) is 6.52. The second-order valence-electron chi connectivity index (χ2n) is 4.52. The third kappa shape index (κ3) is 5.31. The lowest BCUT2D eigenvalue weighted by Gasteiger charge is -2.17. The van der Waals surface area contributed by atoms with Gasteiger partial charge in [-0.05, 0) is 25.0 Å². The van der Waals surface area contributed by atoms with Gasteiger partial charge in [0.25, 0.3) is 0 Å². The predicted molar refractivity (Wildman–Crippen MR) is 76.3 cm³/mol. The highest BCUT2D eigenvalue weighted by Gasteiger charge is 2.24. The molecular weight excluding hydrogens is 276 g/mol. The summed E-state index contributed by atoms with van der Waals surface area (Å²) in [6, 6.07) is 5.45. The second kappa shape index (κ2) is 8.11. The standard InChI is InChI=1S/C14H20N2O5/c1-9(17)12(13(18)19)16-14(20)15-8-7-10-5-3-4-6-11(10)21-2/h3-6,9,12,17H,7-8H2,1-2H3,(H,18,19)(H2,15,16,20)/t9-,12+/m1/s1. The fourth-order valence-corrected chi connectivity index (χ4v) is 1.80. The van der Waals surface area contributed by atoms with Crippen molar-refractivity contribution in [3.05, 3.63) is 29.8 Å². The molecule has 0 saturated heterocycles. The summed E-state index contributed by atoms with van der Waals surface area (Å²) in [4.78, 5) is 22.4. The number of aliphatic hydroxyl groups excluding tert-OH is 1. The fourth-order valence-electron chi connectivity index (χ4n) is 1.80. The number of carboxylic acids is 1. The molecule has 2 amide bonds. The van der Waals surface area contributed by atoms with Crippen LogP contribution < -0.4 is 15.4 Å². The Morgan fingerprint density at radius 3 is 2.57 bits per heavy atom. The molecule has 0 spiro atoms. The van der Waals surface area contributed by atoms with E-state index < -0.39 is 24.1 Å². The Labute approximate surface area is 122 Å². The quantitative estimate of drug-likeness (QED) is 0.581. The minimum atomic E-state index is -1.34. The lowest BCUT2D eigenvalue weighted by atomic mass is 10.1. The molecule has 0 saturated carbocycles. The second-order valence-corrected chi connectivity index (χ2v) is 4.52. The molecule has 0 fully saturated rings. The number of carbonyl (C=O) groups excluding carboxylic acids is 1. The Kier molecular flexibility index (Phi) is 6.48. The average Bonchev–Trinajstić information content (AvgIpc) is 2.44. The fraction of sp³-hybridized carbons (Fsp3) is 0.429. The smallest absolute Gasteiger partial charge is 0.328 e. The molecule has 1 aromatic carbocycles. The summed E-state index contributed by atoms with van der Waals surface area (Å²) in [5.74, 6) is -0.558. The van der Waals surface area contributed by atoms with Gasteiger partial charge in [0.2, 0.25) is 0 Å². The van der Waals surface area contributed by atoms with Gasteiger partial charge in [-0.1, -0.05) is 18.2 Å². The average molecular weight is 296 g/mol. The van der Waals surface area contributed by atoms with Crippen LogP contribution in [0.25, 0.3) is 0 Å². The van der Waals surface area contributed by atoms with Gasteiger partial charge in [0.15, 0.2) is 6.04 Å². The van der Waals surface area contributed by atoms with Gasteiger partial charge in [-0.3, -0.25) is 0 Å². The van der Waals surface area contributed by atoms with E-state index >= 15 is 0 Å². The zero-order valence-corrected chi connectivity index (χ0v) is 12.0. The molecule has 4 N–H and O–H groups in total. The number of rotatable bonds is 7. The van der Waals surface area contributed by atoms with Crippen LogP contribution in [0.4, 0.5) is 4.79 Å². The summed E-state index contributed by atoms with van der Waals surface area (Å²) < 4.78 is 5.19. The summed E-state index contributed by atoms with van der Waals surface area (Å²) in [6.07, 6.45) is -0.633. The lowest BCUT2D eigenvalue weighted by Crippen LogP contribution is -2.51. The molecule has 1 aromatic rings. The molecule has 0 unspecified atom stereocenters. The van der Waals surface area contributed by atoms with Crippen molar-refractivity contribution in [3.63, 3.8) is 0 Å². The number of benzene rings is 1. The van der Waals surface area contributed by atoms with Crippen molar-refractivity contribution in [3.8, 4) is 5.75 Å². The number of urea groups is 1. The number of ether oxygens (including phenoxy) is 1. The van der Waals surface area contributed by atoms with E-state index in [1.165, 1.54) is 6.92 Å². The van der Waals surface area contributed by atoms with Gasteiger partial charge in [-0.25, -0.2) is 9.59 Å². The topological polar surface area (TPSA) is 108 Å². The molecule has 0 aliphatic heterocycles. The van der Waals surface area contributed by atoms with Crippen LogP contribution in [0.3, 0.4) is 0 Å². The minimum Gasteiger partial charge on any atom is -0.496 e. The summed E-state index contributed by atoms with van der Waals surface area (Å²) in [5, 5.41) is 22.9. The van der Waals surface area contributed by atoms with E-state index in [1.54, 1.807) is 7.11 Å². The van der Waals surface area contributed by atoms with E-state index in [9.17, 15) is 14.7 Å². The monoisotopic (exact) mass is 296 g/mol. The van der Waals surface area contributed by atoms with Gasteiger partial charge in [-0.15, -0.1) is 0 Å². The van der Waals surface area contributed by atoms with Crippen molar-refractivity contribution in [2.24, 2.45) is 0 Å². The van der Waals surface area contributed by atoms with E-state index in [4.69, 9.17) is 9.84 Å². The molecule has 7 nitrogen and oxygen atoms in total. The molecule has 1 rings (SSSR count). The zero-order valence-electron chi connectivity index (χ0n) is 12.0. The van der Waals surface area contributed by atoms with Crippen LogP contribution in [0.1, 0.15) is 12.5 Å². The maximum absolute atomic E-state index is 11.6. The van der Waals surface area contributed by atoms with Crippen molar-refractivity contribution in [2.45, 2.75) is 25.5 Å². The summed E-state index contributed by atoms with van der Waals surface area (Å²) in [5.41, 5.74) is 0.936. The number of nitrogens with one attached hydrogen (secondary N) is 2. The van der Waals surface area contributed by atoms with Crippen molar-refractivity contribution in [2.75, 3.05) is 13.7 Å². The Hall–Kier alpha value is -2.28. The van der Waals surface area contributed by atoms with Crippen molar-refractivity contribution < 1.29 is 24.5 Å². The summed E-state index contributed by atoms with van der Waals surface area (Å²) in [7, 11) is 1.57. The molecule has 2 atom stereocenters. The number of aliphatic hydroxyl groups is 1. The number of para-hydroxylation sites is 1. The lowest BCUT2D eigenvalue weighted by molar-refractivity contribution is -0.141. The van der Waals surface area contributed by atoms with Crippen molar-refractivity contribution >= 4 is 12.0 Å². The number of amides is 2. The number of hydrogen-bond acceptors (Lipinski definition) is 4. The highest BCUT2D eigenvalue weighted by Crippen LogP contribution is 2.17. The number of aliphatic carboxylic acids is 1. The van der Waals surface area contributed by atoms with E-state index in [0.29, 0.717) is 13.0 Å². The van der Waals surface area contributed by atoms with E-state index in [2.05, 4.69) is 10.6 Å². The first kappa shape index (κ1) is 16.8. The third-order valence-corrected chi connectivity index (χ3v) is 2.91.